The number of ether oxygens (including phenoxy) is 2. The van der Waals surface area contributed by atoms with Gasteiger partial charge in [-0.05, 0) is 17.7 Å². The van der Waals surface area contributed by atoms with Gasteiger partial charge in [-0.2, -0.15) is 0 Å². The molecule has 0 amide bonds. The zero-order valence-electron chi connectivity index (χ0n) is 17.8. The second-order valence-corrected chi connectivity index (χ2v) is 8.26. The standard InChI is InChI=1S/C27H18O7/c28-18-12-20(14-6-2-1-3-7-14)33-26-22-17(16-10-15-8-4-5-9-19(15)32-13-16)11-21(29)34-27(22)25(31)24(30)23(18)26/h1-10,12,17,30-31H,11,13H2/t17-/m0/s1. The number of fused-ring (bicyclic) bond motifs is 4. The van der Waals surface area contributed by atoms with Crippen LogP contribution >= 0.6 is 0 Å². The van der Waals surface area contributed by atoms with E-state index in [4.69, 9.17) is 13.9 Å². The number of phenols is 2. The van der Waals surface area contributed by atoms with Crippen LogP contribution in [-0.2, 0) is 4.79 Å². The first kappa shape index (κ1) is 20.1. The van der Waals surface area contributed by atoms with Crippen LogP contribution in [-0.4, -0.2) is 22.8 Å². The predicted molar refractivity (Wildman–Crippen MR) is 124 cm³/mol. The van der Waals surface area contributed by atoms with Gasteiger partial charge in [0.15, 0.2) is 16.9 Å². The Hall–Kier alpha value is -4.52. The Morgan fingerprint density at radius 1 is 0.912 bits per heavy atom. The minimum absolute atomic E-state index is 0.0387. The van der Waals surface area contributed by atoms with Crippen molar-refractivity contribution in [3.8, 4) is 34.3 Å². The fraction of sp³-hybridized carbons (Fsp3) is 0.111. The van der Waals surface area contributed by atoms with E-state index < -0.39 is 28.8 Å². The van der Waals surface area contributed by atoms with Crippen molar-refractivity contribution in [2.75, 3.05) is 6.61 Å². The number of benzene rings is 3. The van der Waals surface area contributed by atoms with Crippen molar-refractivity contribution in [3.63, 3.8) is 0 Å². The van der Waals surface area contributed by atoms with Gasteiger partial charge < -0.3 is 24.1 Å². The number of hydrogen-bond acceptors (Lipinski definition) is 7. The van der Waals surface area contributed by atoms with Gasteiger partial charge in [-0.15, -0.1) is 0 Å². The highest BCUT2D eigenvalue weighted by molar-refractivity contribution is 5.96. The molecule has 2 aliphatic rings. The molecule has 0 fully saturated rings. The van der Waals surface area contributed by atoms with Gasteiger partial charge in [0, 0.05) is 23.1 Å². The van der Waals surface area contributed by atoms with Gasteiger partial charge in [-0.3, -0.25) is 9.59 Å². The van der Waals surface area contributed by atoms with Crippen LogP contribution in [0.5, 0.6) is 23.0 Å². The summed E-state index contributed by atoms with van der Waals surface area (Å²) in [7, 11) is 0. The number of rotatable bonds is 2. The molecule has 2 aliphatic heterocycles. The van der Waals surface area contributed by atoms with Crippen molar-refractivity contribution < 1.29 is 28.9 Å². The van der Waals surface area contributed by atoms with Crippen LogP contribution in [0.15, 0.2) is 75.4 Å². The molecule has 1 aromatic heterocycles. The summed E-state index contributed by atoms with van der Waals surface area (Å²) >= 11 is 0. The van der Waals surface area contributed by atoms with Gasteiger partial charge >= 0.3 is 5.97 Å². The number of carbonyl (C=O) groups excluding carboxylic acids is 1. The number of hydrogen-bond donors (Lipinski definition) is 2. The van der Waals surface area contributed by atoms with E-state index in [0.717, 1.165) is 16.9 Å². The Balaban J connectivity index is 1.65. The van der Waals surface area contributed by atoms with E-state index in [-0.39, 0.29) is 29.7 Å². The summed E-state index contributed by atoms with van der Waals surface area (Å²) < 4.78 is 17.4. The first-order valence-corrected chi connectivity index (χ1v) is 10.8. The van der Waals surface area contributed by atoms with Crippen LogP contribution in [0.2, 0.25) is 0 Å². The highest BCUT2D eigenvalue weighted by Crippen LogP contribution is 2.52. The maximum absolute atomic E-state index is 13.1. The molecule has 4 aromatic rings. The number of carbonyl (C=O) groups is 1. The molecule has 0 aliphatic carbocycles. The first-order valence-electron chi connectivity index (χ1n) is 10.8. The molecule has 0 bridgehead atoms. The lowest BCUT2D eigenvalue weighted by molar-refractivity contribution is -0.135. The molecule has 7 nitrogen and oxygen atoms in total. The molecule has 0 unspecified atom stereocenters. The zero-order chi connectivity index (χ0) is 23.4. The highest BCUT2D eigenvalue weighted by Gasteiger charge is 2.38. The van der Waals surface area contributed by atoms with Crippen LogP contribution in [0.1, 0.15) is 23.5 Å². The van der Waals surface area contributed by atoms with Crippen molar-refractivity contribution in [2.24, 2.45) is 0 Å². The Bertz CT molecular complexity index is 1560. The summed E-state index contributed by atoms with van der Waals surface area (Å²) in [6, 6.07) is 17.8. The third kappa shape index (κ3) is 3.05. The van der Waals surface area contributed by atoms with Gasteiger partial charge in [0.25, 0.3) is 0 Å². The number of aromatic hydroxyl groups is 2. The second kappa shape index (κ2) is 7.52. The van der Waals surface area contributed by atoms with Crippen LogP contribution in [0.25, 0.3) is 28.4 Å². The van der Waals surface area contributed by atoms with E-state index in [2.05, 4.69) is 0 Å². The van der Waals surface area contributed by atoms with Gasteiger partial charge in [0.2, 0.25) is 5.75 Å². The average Bonchev–Trinajstić information content (AvgIpc) is 2.86. The first-order chi connectivity index (χ1) is 16.5. The van der Waals surface area contributed by atoms with E-state index in [1.165, 1.54) is 6.07 Å². The molecule has 168 valence electrons. The summed E-state index contributed by atoms with van der Waals surface area (Å²) in [5, 5.41) is 21.1. The predicted octanol–water partition coefficient (Wildman–Crippen LogP) is 4.74. The molecule has 0 saturated heterocycles. The van der Waals surface area contributed by atoms with Gasteiger partial charge in [0.1, 0.15) is 29.1 Å². The quantitative estimate of drug-likeness (QED) is 0.256. The molecule has 1 atom stereocenters. The molecule has 7 heteroatoms. The lowest BCUT2D eigenvalue weighted by atomic mass is 9.83. The van der Waals surface area contributed by atoms with Crippen molar-refractivity contribution >= 4 is 23.0 Å². The van der Waals surface area contributed by atoms with Crippen molar-refractivity contribution in [1.82, 2.24) is 0 Å². The van der Waals surface area contributed by atoms with Crippen LogP contribution < -0.4 is 14.9 Å². The van der Waals surface area contributed by atoms with E-state index >= 15 is 0 Å². The summed E-state index contributed by atoms with van der Waals surface area (Å²) in [6.45, 7) is 0.208. The lowest BCUT2D eigenvalue weighted by Gasteiger charge is -2.30. The Morgan fingerprint density at radius 2 is 1.68 bits per heavy atom. The molecule has 0 saturated carbocycles. The summed E-state index contributed by atoms with van der Waals surface area (Å²) in [5.74, 6) is -1.71. The SMILES string of the molecule is O=C1C[C@@H](C2=Cc3ccccc3OC2)c2c(c(O)c(O)c3c(=O)cc(-c4ccccc4)oc23)O1. The second-order valence-electron chi connectivity index (χ2n) is 8.26. The molecule has 0 radical (unpaired) electrons. The van der Waals surface area contributed by atoms with Crippen molar-refractivity contribution in [1.29, 1.82) is 0 Å². The van der Waals surface area contributed by atoms with Gasteiger partial charge in [-0.1, -0.05) is 48.5 Å². The Kier molecular flexibility index (Phi) is 4.45. The fourth-order valence-electron chi connectivity index (χ4n) is 4.60. The molecule has 3 aromatic carbocycles. The van der Waals surface area contributed by atoms with E-state index in [0.29, 0.717) is 16.9 Å². The van der Waals surface area contributed by atoms with E-state index in [1.54, 1.807) is 12.1 Å². The monoisotopic (exact) mass is 454 g/mol. The maximum atomic E-state index is 13.1. The van der Waals surface area contributed by atoms with Crippen LogP contribution in [0, 0.1) is 0 Å². The normalized spacial score (nSPS) is 16.8. The van der Waals surface area contributed by atoms with Gasteiger partial charge in [0.05, 0.1) is 12.0 Å². The molecule has 6 rings (SSSR count). The maximum Gasteiger partial charge on any atom is 0.312 e. The van der Waals surface area contributed by atoms with Crippen molar-refractivity contribution in [2.45, 2.75) is 12.3 Å². The lowest BCUT2D eigenvalue weighted by Crippen LogP contribution is -2.25. The topological polar surface area (TPSA) is 106 Å². The Morgan fingerprint density at radius 3 is 2.50 bits per heavy atom. The fourth-order valence-corrected chi connectivity index (χ4v) is 4.60. The minimum Gasteiger partial charge on any atom is -0.504 e. The number of esters is 1. The molecular weight excluding hydrogens is 436 g/mol. The van der Waals surface area contributed by atoms with Crippen LogP contribution in [0.3, 0.4) is 0 Å². The average molecular weight is 454 g/mol. The van der Waals surface area contributed by atoms with E-state index in [1.807, 2.05) is 48.5 Å². The minimum atomic E-state index is -0.685. The number of phenolic OH excluding ortho intramolecular Hbond substituents is 2. The highest BCUT2D eigenvalue weighted by atomic mass is 16.5. The van der Waals surface area contributed by atoms with E-state index in [9.17, 15) is 19.8 Å². The van der Waals surface area contributed by atoms with Crippen molar-refractivity contribution in [3.05, 3.63) is 87.6 Å². The molecule has 2 N–H and O–H groups in total. The third-order valence-electron chi connectivity index (χ3n) is 6.21. The van der Waals surface area contributed by atoms with Gasteiger partial charge in [-0.25, -0.2) is 0 Å². The largest absolute Gasteiger partial charge is 0.504 e. The zero-order valence-corrected chi connectivity index (χ0v) is 17.8. The summed E-state index contributed by atoms with van der Waals surface area (Å²) in [6.07, 6.45) is 1.89. The summed E-state index contributed by atoms with van der Waals surface area (Å²) in [5.41, 5.74) is 2.15. The summed E-state index contributed by atoms with van der Waals surface area (Å²) in [4.78, 5) is 25.6. The molecular formula is C27H18O7. The molecule has 0 spiro atoms. The Labute approximate surface area is 193 Å². The van der Waals surface area contributed by atoms with Crippen LogP contribution in [0.4, 0.5) is 0 Å². The molecule has 3 heterocycles. The smallest absolute Gasteiger partial charge is 0.312 e. The third-order valence-corrected chi connectivity index (χ3v) is 6.21. The molecule has 34 heavy (non-hydrogen) atoms. The number of para-hydroxylation sites is 1.